The van der Waals surface area contributed by atoms with Crippen LogP contribution in [0.4, 0.5) is 0 Å². The Hall–Kier alpha value is -1.11. The van der Waals surface area contributed by atoms with Crippen molar-refractivity contribution < 1.29 is 4.79 Å². The van der Waals surface area contributed by atoms with E-state index in [1.165, 1.54) is 5.56 Å². The monoisotopic (exact) mass is 188 g/mol. The van der Waals surface area contributed by atoms with Crippen LogP contribution in [0, 0.1) is 5.41 Å². The van der Waals surface area contributed by atoms with Gasteiger partial charge in [0.05, 0.1) is 0 Å². The third kappa shape index (κ3) is 2.03. The van der Waals surface area contributed by atoms with Crippen LogP contribution in [0.1, 0.15) is 31.7 Å². The fourth-order valence-corrected chi connectivity index (χ4v) is 1.67. The topological polar surface area (TPSA) is 17.1 Å². The molecule has 2 rings (SSSR count). The van der Waals surface area contributed by atoms with Gasteiger partial charge in [0.1, 0.15) is 5.78 Å². The molecule has 1 heteroatoms. The second kappa shape index (κ2) is 3.56. The summed E-state index contributed by atoms with van der Waals surface area (Å²) in [5.74, 6) is 0.446. The number of carbonyl (C=O) groups excluding carboxylic acids is 1. The van der Waals surface area contributed by atoms with Gasteiger partial charge in [-0.25, -0.2) is 0 Å². The first-order valence-electron chi connectivity index (χ1n) is 5.28. The van der Waals surface area contributed by atoms with Crippen LogP contribution in [0.2, 0.25) is 0 Å². The van der Waals surface area contributed by atoms with Crippen LogP contribution in [-0.4, -0.2) is 5.78 Å². The van der Waals surface area contributed by atoms with E-state index in [4.69, 9.17) is 0 Å². The largest absolute Gasteiger partial charge is 0.299 e. The molecule has 14 heavy (non-hydrogen) atoms. The van der Waals surface area contributed by atoms with Gasteiger partial charge in [-0.3, -0.25) is 4.79 Å². The molecule has 1 aliphatic carbocycles. The highest BCUT2D eigenvalue weighted by Crippen LogP contribution is 2.46. The molecule has 1 aromatic rings. The molecule has 1 nitrogen and oxygen atoms in total. The number of benzene rings is 1. The predicted molar refractivity (Wildman–Crippen MR) is 57.1 cm³/mol. The quantitative estimate of drug-likeness (QED) is 0.710. The maximum atomic E-state index is 11.7. The maximum Gasteiger partial charge on any atom is 0.139 e. The Morgan fingerprint density at radius 2 is 1.93 bits per heavy atom. The highest BCUT2D eigenvalue weighted by Gasteiger charge is 2.43. The molecule has 0 heterocycles. The van der Waals surface area contributed by atoms with Gasteiger partial charge in [-0.2, -0.15) is 0 Å². The van der Waals surface area contributed by atoms with E-state index in [0.717, 1.165) is 19.3 Å². The summed E-state index contributed by atoms with van der Waals surface area (Å²) in [7, 11) is 0. The summed E-state index contributed by atoms with van der Waals surface area (Å²) in [5, 5.41) is 0. The van der Waals surface area contributed by atoms with Crippen LogP contribution in [0.25, 0.3) is 0 Å². The van der Waals surface area contributed by atoms with Gasteiger partial charge in [0.2, 0.25) is 0 Å². The predicted octanol–water partition coefficient (Wildman–Crippen LogP) is 2.99. The molecular formula is C13H16O. The Labute approximate surface area is 85.1 Å². The van der Waals surface area contributed by atoms with Crippen LogP contribution in [0.3, 0.4) is 0 Å². The molecule has 74 valence electrons. The first-order chi connectivity index (χ1) is 6.71. The summed E-state index contributed by atoms with van der Waals surface area (Å²) in [6, 6.07) is 10.2. The first-order valence-corrected chi connectivity index (χ1v) is 5.28. The number of Topliss-reactive ketones (excluding diaryl/α,β-unsaturated/α-hetero) is 1. The zero-order valence-electron chi connectivity index (χ0n) is 8.62. The van der Waals surface area contributed by atoms with Gasteiger partial charge >= 0.3 is 0 Å². The molecule has 0 spiro atoms. The minimum atomic E-state index is 0.0504. The molecule has 0 radical (unpaired) electrons. The van der Waals surface area contributed by atoms with E-state index >= 15 is 0 Å². The average molecular weight is 188 g/mol. The number of hydrogen-bond donors (Lipinski definition) is 0. The normalized spacial score (nSPS) is 17.8. The summed E-state index contributed by atoms with van der Waals surface area (Å²) < 4.78 is 0. The molecule has 1 fully saturated rings. The lowest BCUT2D eigenvalue weighted by Crippen LogP contribution is -2.12. The van der Waals surface area contributed by atoms with Crippen LogP contribution in [0.5, 0.6) is 0 Å². The van der Waals surface area contributed by atoms with E-state index < -0.39 is 0 Å². The van der Waals surface area contributed by atoms with Gasteiger partial charge in [0.15, 0.2) is 0 Å². The zero-order valence-corrected chi connectivity index (χ0v) is 8.62. The number of rotatable bonds is 4. The summed E-state index contributed by atoms with van der Waals surface area (Å²) in [5.41, 5.74) is 1.32. The molecule has 0 aliphatic heterocycles. The van der Waals surface area contributed by atoms with Crippen LogP contribution in [0.15, 0.2) is 30.3 Å². The third-order valence-corrected chi connectivity index (χ3v) is 3.16. The fourth-order valence-electron chi connectivity index (χ4n) is 1.67. The molecule has 0 aromatic heterocycles. The SMILES string of the molecule is CC1(C(=O)CCc2ccccc2)CC1. The Bertz CT molecular complexity index is 322. The number of ketones is 1. The number of hydrogen-bond acceptors (Lipinski definition) is 1. The van der Waals surface area contributed by atoms with Gasteiger partial charge in [0.25, 0.3) is 0 Å². The third-order valence-electron chi connectivity index (χ3n) is 3.16. The first kappa shape index (κ1) is 9.45. The highest BCUT2D eigenvalue weighted by molar-refractivity contribution is 5.87. The zero-order chi connectivity index (χ0) is 10.0. The van der Waals surface area contributed by atoms with Crippen molar-refractivity contribution in [2.75, 3.05) is 0 Å². The van der Waals surface area contributed by atoms with Gasteiger partial charge < -0.3 is 0 Å². The Balaban J connectivity index is 1.86. The van der Waals surface area contributed by atoms with Crippen molar-refractivity contribution in [3.63, 3.8) is 0 Å². The molecule has 1 saturated carbocycles. The molecule has 0 N–H and O–H groups in total. The summed E-state index contributed by atoms with van der Waals surface area (Å²) in [4.78, 5) is 11.7. The summed E-state index contributed by atoms with van der Waals surface area (Å²) in [6.45, 7) is 2.08. The van der Waals surface area contributed by atoms with Gasteiger partial charge in [-0.1, -0.05) is 37.3 Å². The number of carbonyl (C=O) groups is 1. The van der Waals surface area contributed by atoms with Crippen LogP contribution in [-0.2, 0) is 11.2 Å². The Morgan fingerprint density at radius 3 is 2.50 bits per heavy atom. The Kier molecular flexibility index (Phi) is 2.40. The lowest BCUT2D eigenvalue weighted by molar-refractivity contribution is -0.123. The minimum absolute atomic E-state index is 0.0504. The average Bonchev–Trinajstić information content (AvgIpc) is 2.96. The minimum Gasteiger partial charge on any atom is -0.299 e. The van der Waals surface area contributed by atoms with Gasteiger partial charge in [-0.05, 0) is 24.8 Å². The standard InChI is InChI=1S/C13H16O/c1-13(9-10-13)12(14)8-7-11-5-3-2-4-6-11/h2-6H,7-10H2,1H3. The smallest absolute Gasteiger partial charge is 0.139 e. The molecule has 0 atom stereocenters. The van der Waals surface area contributed by atoms with Crippen molar-refractivity contribution in [2.45, 2.75) is 32.6 Å². The second-order valence-corrected chi connectivity index (χ2v) is 4.47. The van der Waals surface area contributed by atoms with Crippen molar-refractivity contribution in [1.82, 2.24) is 0 Å². The van der Waals surface area contributed by atoms with Crippen molar-refractivity contribution in [3.05, 3.63) is 35.9 Å². The van der Waals surface area contributed by atoms with E-state index in [1.807, 2.05) is 18.2 Å². The van der Waals surface area contributed by atoms with Crippen molar-refractivity contribution in [2.24, 2.45) is 5.41 Å². The van der Waals surface area contributed by atoms with E-state index in [1.54, 1.807) is 0 Å². The second-order valence-electron chi connectivity index (χ2n) is 4.47. The Morgan fingerprint density at radius 1 is 1.29 bits per heavy atom. The lowest BCUT2D eigenvalue weighted by Gasteiger charge is -2.06. The maximum absolute atomic E-state index is 11.7. The van der Waals surface area contributed by atoms with Gasteiger partial charge in [-0.15, -0.1) is 0 Å². The summed E-state index contributed by atoms with van der Waals surface area (Å²) >= 11 is 0. The van der Waals surface area contributed by atoms with Crippen molar-refractivity contribution in [1.29, 1.82) is 0 Å². The molecule has 0 saturated heterocycles. The van der Waals surface area contributed by atoms with E-state index in [2.05, 4.69) is 19.1 Å². The van der Waals surface area contributed by atoms with Gasteiger partial charge in [0, 0.05) is 11.8 Å². The van der Waals surface area contributed by atoms with E-state index in [9.17, 15) is 4.79 Å². The lowest BCUT2D eigenvalue weighted by atomic mass is 9.97. The molecule has 1 aliphatic rings. The molecule has 0 amide bonds. The fraction of sp³-hybridized carbons (Fsp3) is 0.462. The highest BCUT2D eigenvalue weighted by atomic mass is 16.1. The van der Waals surface area contributed by atoms with Crippen molar-refractivity contribution >= 4 is 5.78 Å². The molecule has 0 unspecified atom stereocenters. The van der Waals surface area contributed by atoms with E-state index in [-0.39, 0.29) is 5.41 Å². The van der Waals surface area contributed by atoms with Crippen molar-refractivity contribution in [3.8, 4) is 0 Å². The summed E-state index contributed by atoms with van der Waals surface area (Å²) in [6.07, 6.45) is 3.80. The molecule has 0 bridgehead atoms. The number of aryl methyl sites for hydroxylation is 1. The molecule has 1 aromatic carbocycles. The molecular weight excluding hydrogens is 172 g/mol. The van der Waals surface area contributed by atoms with E-state index in [0.29, 0.717) is 12.2 Å². The van der Waals surface area contributed by atoms with Crippen LogP contribution >= 0.6 is 0 Å². The van der Waals surface area contributed by atoms with Crippen LogP contribution < -0.4 is 0 Å².